The zero-order chi connectivity index (χ0) is 15.4. The SMILES string of the molecule is O=C(CCc1cccc[c]1[Ge])Oc1ccc2ccccc2n1. The Morgan fingerprint density at radius 3 is 2.64 bits per heavy atom. The molecule has 22 heavy (non-hydrogen) atoms. The summed E-state index contributed by atoms with van der Waals surface area (Å²) in [5.74, 6) is 0.0968. The molecule has 0 bridgehead atoms. The third-order valence-corrected chi connectivity index (χ3v) is 4.43. The maximum atomic E-state index is 12.0. The van der Waals surface area contributed by atoms with E-state index in [1.54, 1.807) is 6.07 Å². The molecule has 0 aliphatic heterocycles. The van der Waals surface area contributed by atoms with Crippen LogP contribution in [0.25, 0.3) is 10.9 Å². The quantitative estimate of drug-likeness (QED) is 0.537. The number of nitrogens with zero attached hydrogens (tertiary/aromatic N) is 1. The van der Waals surface area contributed by atoms with Crippen LogP contribution in [-0.2, 0) is 11.2 Å². The number of carbonyl (C=O) groups is 1. The number of benzene rings is 2. The molecule has 1 heterocycles. The van der Waals surface area contributed by atoms with Crippen LogP contribution in [0.3, 0.4) is 0 Å². The van der Waals surface area contributed by atoms with Gasteiger partial charge < -0.3 is 0 Å². The monoisotopic (exact) mass is 350 g/mol. The van der Waals surface area contributed by atoms with Crippen LogP contribution >= 0.6 is 0 Å². The number of rotatable bonds is 4. The molecule has 0 spiro atoms. The topological polar surface area (TPSA) is 39.2 Å². The Morgan fingerprint density at radius 1 is 1.00 bits per heavy atom. The summed E-state index contributed by atoms with van der Waals surface area (Å²) in [6, 6.07) is 19.5. The summed E-state index contributed by atoms with van der Waals surface area (Å²) in [5, 5.41) is 1.03. The molecule has 0 fully saturated rings. The molecule has 1 aromatic heterocycles. The van der Waals surface area contributed by atoms with Gasteiger partial charge in [-0.15, -0.1) is 0 Å². The van der Waals surface area contributed by atoms with E-state index >= 15 is 0 Å². The Hall–Kier alpha value is -2.14. The number of esters is 1. The number of aromatic nitrogens is 1. The van der Waals surface area contributed by atoms with Crippen LogP contribution in [0.2, 0.25) is 0 Å². The summed E-state index contributed by atoms with van der Waals surface area (Å²) in [6.07, 6.45) is 1.03. The Labute approximate surface area is 137 Å². The summed E-state index contributed by atoms with van der Waals surface area (Å²) in [6.45, 7) is 0. The van der Waals surface area contributed by atoms with Gasteiger partial charge >= 0.3 is 137 Å². The van der Waals surface area contributed by atoms with Crippen molar-refractivity contribution in [2.45, 2.75) is 12.8 Å². The van der Waals surface area contributed by atoms with E-state index in [0.717, 1.165) is 10.9 Å². The molecule has 2 aromatic carbocycles. The number of hydrogen-bond donors (Lipinski definition) is 0. The third-order valence-electron chi connectivity index (χ3n) is 3.41. The van der Waals surface area contributed by atoms with Crippen molar-refractivity contribution in [1.29, 1.82) is 0 Å². The molecule has 4 heteroatoms. The second-order valence-corrected chi connectivity index (χ2v) is 6.10. The van der Waals surface area contributed by atoms with E-state index in [1.807, 2.05) is 71.1 Å². The molecular formula is C18H14GeNO2. The standard InChI is InChI=1S/C18H14GeNO2/c19-15-7-3-1-5-13(15)10-12-18(21)22-17-11-9-14-6-2-4-8-16(14)20-17/h1-9,11H,10,12H2. The van der Waals surface area contributed by atoms with Crippen molar-refractivity contribution in [3.63, 3.8) is 0 Å². The van der Waals surface area contributed by atoms with E-state index in [4.69, 9.17) is 4.74 Å². The average molecular weight is 349 g/mol. The molecule has 0 saturated carbocycles. The first kappa shape index (κ1) is 14.8. The molecule has 0 N–H and O–H groups in total. The van der Waals surface area contributed by atoms with Crippen molar-refractivity contribution in [3.05, 3.63) is 66.2 Å². The number of fused-ring (bicyclic) bond motifs is 1. The number of carbonyl (C=O) groups excluding carboxylic acids is 1. The first-order valence-corrected chi connectivity index (χ1v) is 8.13. The molecular weight excluding hydrogens is 335 g/mol. The van der Waals surface area contributed by atoms with Crippen LogP contribution in [0.15, 0.2) is 60.7 Å². The maximum absolute atomic E-state index is 12.0. The van der Waals surface area contributed by atoms with E-state index in [-0.39, 0.29) is 5.97 Å². The third kappa shape index (κ3) is 3.54. The van der Waals surface area contributed by atoms with E-state index < -0.39 is 0 Å². The summed E-state index contributed by atoms with van der Waals surface area (Å²) in [4.78, 5) is 16.3. The summed E-state index contributed by atoms with van der Waals surface area (Å²) < 4.78 is 6.53. The van der Waals surface area contributed by atoms with Crippen LogP contribution in [-0.4, -0.2) is 27.5 Å². The van der Waals surface area contributed by atoms with E-state index in [2.05, 4.69) is 4.98 Å². The second kappa shape index (κ2) is 6.75. The van der Waals surface area contributed by atoms with Crippen molar-refractivity contribution in [3.8, 4) is 5.88 Å². The Kier molecular flexibility index (Phi) is 4.54. The molecule has 3 aromatic rings. The van der Waals surface area contributed by atoms with Crippen LogP contribution in [0.5, 0.6) is 5.88 Å². The second-order valence-electron chi connectivity index (χ2n) is 4.97. The Morgan fingerprint density at radius 2 is 1.77 bits per heavy atom. The van der Waals surface area contributed by atoms with Crippen molar-refractivity contribution < 1.29 is 9.53 Å². The predicted octanol–water partition coefficient (Wildman–Crippen LogP) is 2.57. The first-order valence-electron chi connectivity index (χ1n) is 7.08. The number of pyridine rings is 1. The zero-order valence-corrected chi connectivity index (χ0v) is 14.0. The van der Waals surface area contributed by atoms with Gasteiger partial charge in [-0.05, 0) is 0 Å². The number of aryl methyl sites for hydroxylation is 1. The molecule has 0 saturated heterocycles. The van der Waals surface area contributed by atoms with Crippen LogP contribution < -0.4 is 9.13 Å². The molecule has 107 valence electrons. The van der Waals surface area contributed by atoms with Gasteiger partial charge in [0.25, 0.3) is 0 Å². The van der Waals surface area contributed by atoms with Crippen LogP contribution in [0.4, 0.5) is 0 Å². The van der Waals surface area contributed by atoms with Crippen molar-refractivity contribution in [2.24, 2.45) is 0 Å². The Balaban J connectivity index is 1.64. The normalized spacial score (nSPS) is 10.6. The minimum absolute atomic E-state index is 0.258. The van der Waals surface area contributed by atoms with Crippen molar-refractivity contribution in [1.82, 2.24) is 4.98 Å². The fourth-order valence-electron chi connectivity index (χ4n) is 2.25. The predicted molar refractivity (Wildman–Crippen MR) is 87.5 cm³/mol. The van der Waals surface area contributed by atoms with Gasteiger partial charge in [-0.3, -0.25) is 0 Å². The summed E-state index contributed by atoms with van der Waals surface area (Å²) >= 11 is 2.05. The van der Waals surface area contributed by atoms with Crippen molar-refractivity contribution in [2.75, 3.05) is 0 Å². The van der Waals surface area contributed by atoms with Gasteiger partial charge in [0.05, 0.1) is 0 Å². The molecule has 0 aliphatic rings. The van der Waals surface area contributed by atoms with Gasteiger partial charge in [0.2, 0.25) is 0 Å². The van der Waals surface area contributed by atoms with Gasteiger partial charge in [-0.1, -0.05) is 0 Å². The van der Waals surface area contributed by atoms with Gasteiger partial charge in [0.1, 0.15) is 0 Å². The zero-order valence-electron chi connectivity index (χ0n) is 12.0. The Bertz CT molecular complexity index is 817. The molecule has 3 radical (unpaired) electrons. The molecule has 3 rings (SSSR count). The first-order chi connectivity index (χ1) is 10.7. The van der Waals surface area contributed by atoms with E-state index in [1.165, 1.54) is 9.96 Å². The molecule has 0 aliphatic carbocycles. The fraction of sp³-hybridized carbons (Fsp3) is 0.111. The average Bonchev–Trinajstić information content (AvgIpc) is 2.54. The molecule has 0 amide bonds. The van der Waals surface area contributed by atoms with Gasteiger partial charge in [-0.2, -0.15) is 0 Å². The summed E-state index contributed by atoms with van der Waals surface area (Å²) in [7, 11) is 0. The van der Waals surface area contributed by atoms with E-state index in [0.29, 0.717) is 18.7 Å². The number of ether oxygens (including phenoxy) is 1. The van der Waals surface area contributed by atoms with E-state index in [9.17, 15) is 4.79 Å². The van der Waals surface area contributed by atoms with Crippen molar-refractivity contribution >= 4 is 37.8 Å². The van der Waals surface area contributed by atoms with Gasteiger partial charge in [0, 0.05) is 0 Å². The summed E-state index contributed by atoms with van der Waals surface area (Å²) in [5.41, 5.74) is 2.00. The van der Waals surface area contributed by atoms with Crippen LogP contribution in [0, 0.1) is 0 Å². The number of para-hydroxylation sites is 1. The minimum atomic E-state index is -0.258. The van der Waals surface area contributed by atoms with Crippen LogP contribution in [0.1, 0.15) is 12.0 Å². The number of hydrogen-bond acceptors (Lipinski definition) is 3. The molecule has 0 atom stereocenters. The molecule has 0 unspecified atom stereocenters. The van der Waals surface area contributed by atoms with Gasteiger partial charge in [0.15, 0.2) is 0 Å². The molecule has 3 nitrogen and oxygen atoms in total. The van der Waals surface area contributed by atoms with Gasteiger partial charge in [-0.25, -0.2) is 0 Å². The fourth-order valence-corrected chi connectivity index (χ4v) is 2.89.